The Morgan fingerprint density at radius 2 is 2.06 bits per heavy atom. The SMILES string of the molecule is Cn1cc(C2CCCCC2CNC(C)(C)C)cn1. The van der Waals surface area contributed by atoms with Crippen LogP contribution in [0.5, 0.6) is 0 Å². The van der Waals surface area contributed by atoms with Gasteiger partial charge in [0.05, 0.1) is 6.20 Å². The van der Waals surface area contributed by atoms with Gasteiger partial charge in [-0.25, -0.2) is 0 Å². The van der Waals surface area contributed by atoms with E-state index in [2.05, 4.69) is 43.6 Å². The van der Waals surface area contributed by atoms with Crippen LogP contribution in [0.25, 0.3) is 0 Å². The molecule has 0 bridgehead atoms. The fourth-order valence-corrected chi connectivity index (χ4v) is 2.96. The summed E-state index contributed by atoms with van der Waals surface area (Å²) in [6.45, 7) is 7.86. The molecule has 3 nitrogen and oxygen atoms in total. The van der Waals surface area contributed by atoms with Crippen LogP contribution in [0.1, 0.15) is 57.9 Å². The Morgan fingerprint density at radius 1 is 1.33 bits per heavy atom. The van der Waals surface area contributed by atoms with E-state index in [4.69, 9.17) is 0 Å². The van der Waals surface area contributed by atoms with Crippen LogP contribution in [0.2, 0.25) is 0 Å². The Balaban J connectivity index is 2.02. The third-order valence-electron chi connectivity index (χ3n) is 3.96. The molecule has 1 N–H and O–H groups in total. The van der Waals surface area contributed by atoms with E-state index in [0.29, 0.717) is 5.92 Å². The summed E-state index contributed by atoms with van der Waals surface area (Å²) in [4.78, 5) is 0. The molecule has 102 valence electrons. The number of aromatic nitrogens is 2. The number of rotatable bonds is 3. The van der Waals surface area contributed by atoms with Crippen LogP contribution in [-0.4, -0.2) is 21.9 Å². The lowest BCUT2D eigenvalue weighted by Crippen LogP contribution is -2.41. The average molecular weight is 249 g/mol. The van der Waals surface area contributed by atoms with Crippen molar-refractivity contribution in [1.82, 2.24) is 15.1 Å². The molecule has 0 saturated heterocycles. The van der Waals surface area contributed by atoms with Gasteiger partial charge in [0.25, 0.3) is 0 Å². The van der Waals surface area contributed by atoms with Crippen molar-refractivity contribution in [2.75, 3.05) is 6.54 Å². The van der Waals surface area contributed by atoms with Gasteiger partial charge in [0.2, 0.25) is 0 Å². The second-order valence-electron chi connectivity index (χ2n) is 6.73. The highest BCUT2D eigenvalue weighted by Crippen LogP contribution is 2.37. The molecule has 18 heavy (non-hydrogen) atoms. The normalized spacial score (nSPS) is 25.3. The smallest absolute Gasteiger partial charge is 0.0524 e. The van der Waals surface area contributed by atoms with E-state index in [1.54, 1.807) is 0 Å². The first-order valence-corrected chi connectivity index (χ1v) is 7.19. The monoisotopic (exact) mass is 249 g/mol. The van der Waals surface area contributed by atoms with Gasteiger partial charge in [-0.3, -0.25) is 4.68 Å². The lowest BCUT2D eigenvalue weighted by molar-refractivity contribution is 0.269. The van der Waals surface area contributed by atoms with Crippen LogP contribution in [-0.2, 0) is 7.05 Å². The molecule has 0 amide bonds. The second kappa shape index (κ2) is 5.43. The van der Waals surface area contributed by atoms with Crippen molar-refractivity contribution in [3.8, 4) is 0 Å². The van der Waals surface area contributed by atoms with Crippen molar-refractivity contribution in [3.05, 3.63) is 18.0 Å². The lowest BCUT2D eigenvalue weighted by atomic mass is 9.76. The number of nitrogens with one attached hydrogen (secondary N) is 1. The van der Waals surface area contributed by atoms with Gasteiger partial charge < -0.3 is 5.32 Å². The average Bonchev–Trinajstić information content (AvgIpc) is 2.72. The molecule has 0 spiro atoms. The van der Waals surface area contributed by atoms with E-state index in [0.717, 1.165) is 12.5 Å². The van der Waals surface area contributed by atoms with Gasteiger partial charge in [-0.15, -0.1) is 0 Å². The Bertz CT molecular complexity index is 375. The van der Waals surface area contributed by atoms with Crippen LogP contribution in [0.15, 0.2) is 12.4 Å². The molecule has 0 radical (unpaired) electrons. The predicted octanol–water partition coefficient (Wildman–Crippen LogP) is 3.08. The van der Waals surface area contributed by atoms with Crippen LogP contribution in [0.3, 0.4) is 0 Å². The molecule has 1 fully saturated rings. The third-order valence-corrected chi connectivity index (χ3v) is 3.96. The van der Waals surface area contributed by atoms with Crippen molar-refractivity contribution < 1.29 is 0 Å². The van der Waals surface area contributed by atoms with Crippen LogP contribution in [0, 0.1) is 5.92 Å². The fourth-order valence-electron chi connectivity index (χ4n) is 2.96. The third kappa shape index (κ3) is 3.58. The highest BCUT2D eigenvalue weighted by Gasteiger charge is 2.28. The van der Waals surface area contributed by atoms with E-state index in [1.807, 2.05) is 11.7 Å². The van der Waals surface area contributed by atoms with Crippen molar-refractivity contribution in [2.24, 2.45) is 13.0 Å². The van der Waals surface area contributed by atoms with Gasteiger partial charge in [0, 0.05) is 18.8 Å². The maximum Gasteiger partial charge on any atom is 0.0524 e. The minimum Gasteiger partial charge on any atom is -0.312 e. The maximum atomic E-state index is 4.33. The van der Waals surface area contributed by atoms with Gasteiger partial charge in [0.15, 0.2) is 0 Å². The summed E-state index contributed by atoms with van der Waals surface area (Å²) >= 11 is 0. The number of hydrogen-bond donors (Lipinski definition) is 1. The lowest BCUT2D eigenvalue weighted by Gasteiger charge is -2.33. The van der Waals surface area contributed by atoms with Gasteiger partial charge in [0.1, 0.15) is 0 Å². The van der Waals surface area contributed by atoms with Gasteiger partial charge in [-0.1, -0.05) is 12.8 Å². The van der Waals surface area contributed by atoms with Gasteiger partial charge in [-0.2, -0.15) is 5.10 Å². The number of aryl methyl sites for hydroxylation is 1. The van der Waals surface area contributed by atoms with Crippen molar-refractivity contribution in [3.63, 3.8) is 0 Å². The van der Waals surface area contributed by atoms with E-state index in [1.165, 1.54) is 31.2 Å². The van der Waals surface area contributed by atoms with E-state index >= 15 is 0 Å². The van der Waals surface area contributed by atoms with Gasteiger partial charge >= 0.3 is 0 Å². The minimum absolute atomic E-state index is 0.219. The van der Waals surface area contributed by atoms with E-state index < -0.39 is 0 Å². The Hall–Kier alpha value is -0.830. The zero-order valence-corrected chi connectivity index (χ0v) is 12.2. The van der Waals surface area contributed by atoms with Crippen LogP contribution < -0.4 is 5.32 Å². The van der Waals surface area contributed by atoms with Crippen molar-refractivity contribution >= 4 is 0 Å². The Kier molecular flexibility index (Phi) is 4.10. The summed E-state index contributed by atoms with van der Waals surface area (Å²) in [6, 6.07) is 0. The first kappa shape index (κ1) is 13.6. The molecule has 1 heterocycles. The topological polar surface area (TPSA) is 29.9 Å². The quantitative estimate of drug-likeness (QED) is 0.892. The molecule has 1 aromatic heterocycles. The molecule has 2 atom stereocenters. The zero-order valence-electron chi connectivity index (χ0n) is 12.2. The first-order valence-electron chi connectivity index (χ1n) is 7.19. The predicted molar refractivity (Wildman–Crippen MR) is 75.7 cm³/mol. The summed E-state index contributed by atoms with van der Waals surface area (Å²) in [5, 5.41) is 8.00. The molecule has 2 unspecified atom stereocenters. The highest BCUT2D eigenvalue weighted by atomic mass is 15.2. The Labute approximate surface area is 111 Å². The minimum atomic E-state index is 0.219. The first-order chi connectivity index (χ1) is 8.46. The van der Waals surface area contributed by atoms with Crippen molar-refractivity contribution in [2.45, 2.75) is 57.9 Å². The highest BCUT2D eigenvalue weighted by molar-refractivity contribution is 5.13. The summed E-state index contributed by atoms with van der Waals surface area (Å²) < 4.78 is 1.93. The zero-order chi connectivity index (χ0) is 13.2. The van der Waals surface area contributed by atoms with Crippen LogP contribution in [0.4, 0.5) is 0 Å². The van der Waals surface area contributed by atoms with Crippen LogP contribution >= 0.6 is 0 Å². The second-order valence-corrected chi connectivity index (χ2v) is 6.73. The fraction of sp³-hybridized carbons (Fsp3) is 0.800. The standard InChI is InChI=1S/C15H27N3/c1-15(2,3)16-9-12-7-5-6-8-14(12)13-10-17-18(4)11-13/h10-12,14,16H,5-9H2,1-4H3. The largest absolute Gasteiger partial charge is 0.312 e. The summed E-state index contributed by atoms with van der Waals surface area (Å²) in [6.07, 6.45) is 9.67. The van der Waals surface area contributed by atoms with E-state index in [-0.39, 0.29) is 5.54 Å². The van der Waals surface area contributed by atoms with Crippen molar-refractivity contribution in [1.29, 1.82) is 0 Å². The molecular weight excluding hydrogens is 222 g/mol. The molecule has 1 aliphatic rings. The molecule has 1 aromatic rings. The molecule has 0 aromatic carbocycles. The molecule has 0 aliphatic heterocycles. The number of hydrogen-bond acceptors (Lipinski definition) is 2. The molecular formula is C15H27N3. The Morgan fingerprint density at radius 3 is 2.67 bits per heavy atom. The van der Waals surface area contributed by atoms with Gasteiger partial charge in [-0.05, 0) is 57.6 Å². The summed E-state index contributed by atoms with van der Waals surface area (Å²) in [5.41, 5.74) is 1.65. The molecule has 1 aliphatic carbocycles. The van der Waals surface area contributed by atoms with E-state index in [9.17, 15) is 0 Å². The molecule has 1 saturated carbocycles. The molecule has 3 heteroatoms. The summed E-state index contributed by atoms with van der Waals surface area (Å²) in [5.74, 6) is 1.46. The number of nitrogens with zero attached hydrogens (tertiary/aromatic N) is 2. The summed E-state index contributed by atoms with van der Waals surface area (Å²) in [7, 11) is 2.01. The maximum absolute atomic E-state index is 4.33. The molecule has 2 rings (SSSR count).